The predicted octanol–water partition coefficient (Wildman–Crippen LogP) is 9.27. The quantitative estimate of drug-likeness (QED) is 0.210. The van der Waals surface area contributed by atoms with Crippen LogP contribution in [-0.4, -0.2) is 4.57 Å². The summed E-state index contributed by atoms with van der Waals surface area (Å²) in [4.78, 5) is 0. The molecule has 0 aliphatic heterocycles. The van der Waals surface area contributed by atoms with Crippen molar-refractivity contribution in [1.82, 2.24) is 4.57 Å². The normalized spacial score (nSPS) is 10.6. The Morgan fingerprint density at radius 2 is 0.933 bits per heavy atom. The van der Waals surface area contributed by atoms with Crippen molar-refractivity contribution in [3.05, 3.63) is 150 Å². The van der Waals surface area contributed by atoms with E-state index in [9.17, 15) is 21.0 Å². The van der Waals surface area contributed by atoms with Crippen molar-refractivity contribution < 1.29 is 0 Å². The van der Waals surface area contributed by atoms with Crippen LogP contribution in [0.25, 0.3) is 60.9 Å². The highest BCUT2D eigenvalue weighted by molar-refractivity contribution is 6.10. The van der Waals surface area contributed by atoms with Gasteiger partial charge in [-0.2, -0.15) is 21.0 Å². The molecule has 0 spiro atoms. The lowest BCUT2D eigenvalue weighted by molar-refractivity contribution is 1.18. The van der Waals surface area contributed by atoms with E-state index in [0.717, 1.165) is 60.9 Å². The lowest BCUT2D eigenvalue weighted by Gasteiger charge is -2.16. The fraction of sp³-hybridized carbons (Fsp3) is 0. The molecule has 1 heterocycles. The van der Waals surface area contributed by atoms with Crippen LogP contribution in [0.3, 0.4) is 0 Å². The van der Waals surface area contributed by atoms with E-state index in [-0.39, 0.29) is 0 Å². The molecule has 0 radical (unpaired) electrons. The zero-order valence-electron chi connectivity index (χ0n) is 23.9. The Morgan fingerprint density at radius 3 is 1.47 bits per heavy atom. The second-order valence-electron chi connectivity index (χ2n) is 10.7. The van der Waals surface area contributed by atoms with Crippen molar-refractivity contribution in [2.45, 2.75) is 0 Å². The number of nitrogens with zero attached hydrogens (tertiary/aromatic N) is 5. The Kier molecular flexibility index (Phi) is 6.62. The van der Waals surface area contributed by atoms with Crippen molar-refractivity contribution in [2.75, 3.05) is 0 Å². The second kappa shape index (κ2) is 11.1. The molecular weight excluding hydrogens is 550 g/mol. The maximum absolute atomic E-state index is 10.6. The van der Waals surface area contributed by atoms with Gasteiger partial charge in [-0.25, -0.2) is 0 Å². The van der Waals surface area contributed by atoms with E-state index < -0.39 is 0 Å². The Hall–Kier alpha value is -6.92. The van der Waals surface area contributed by atoms with Gasteiger partial charge in [0.15, 0.2) is 0 Å². The van der Waals surface area contributed by atoms with E-state index in [1.807, 2.05) is 120 Å². The highest BCUT2D eigenvalue weighted by atomic mass is 15.0. The minimum Gasteiger partial charge on any atom is -0.309 e. The maximum atomic E-state index is 10.6. The summed E-state index contributed by atoms with van der Waals surface area (Å²) in [5, 5.41) is 41.7. The Balaban J connectivity index is 1.55. The number of rotatable bonds is 4. The molecule has 0 unspecified atom stereocenters. The molecule has 0 bridgehead atoms. The lowest BCUT2D eigenvalue weighted by Crippen LogP contribution is -1.98. The van der Waals surface area contributed by atoms with Crippen molar-refractivity contribution in [2.24, 2.45) is 0 Å². The predicted molar refractivity (Wildman–Crippen MR) is 176 cm³/mol. The van der Waals surface area contributed by atoms with Gasteiger partial charge in [0.1, 0.15) is 6.07 Å². The lowest BCUT2D eigenvalue weighted by atomic mass is 9.88. The summed E-state index contributed by atoms with van der Waals surface area (Å²) >= 11 is 0. The van der Waals surface area contributed by atoms with E-state index in [1.54, 1.807) is 12.1 Å². The first-order valence-electron chi connectivity index (χ1n) is 14.2. The van der Waals surface area contributed by atoms with Crippen LogP contribution in [0.1, 0.15) is 22.3 Å². The van der Waals surface area contributed by atoms with E-state index in [4.69, 9.17) is 0 Å². The first kappa shape index (κ1) is 26.9. The van der Waals surface area contributed by atoms with Crippen LogP contribution < -0.4 is 0 Å². The Morgan fingerprint density at radius 1 is 0.400 bits per heavy atom. The van der Waals surface area contributed by atoms with Gasteiger partial charge in [-0.1, -0.05) is 60.7 Å². The molecule has 0 N–H and O–H groups in total. The summed E-state index contributed by atoms with van der Waals surface area (Å²) in [6, 6.07) is 49.8. The summed E-state index contributed by atoms with van der Waals surface area (Å²) in [7, 11) is 0. The molecule has 0 aliphatic carbocycles. The molecule has 7 aromatic rings. The third-order valence-corrected chi connectivity index (χ3v) is 8.08. The van der Waals surface area contributed by atoms with E-state index in [2.05, 4.69) is 24.3 Å². The number of benzene rings is 6. The smallest absolute Gasteiger partial charge is 0.100 e. The SMILES string of the molecule is N#Cc1cc(-c2cc(-c3ccccc3)cc(-c3ccccc3)c2C#N)cc(-n2c3ccc(C#N)cc3c3cc(C#N)ccc32)c1. The van der Waals surface area contributed by atoms with Gasteiger partial charge in [-0.15, -0.1) is 0 Å². The number of hydrogen-bond acceptors (Lipinski definition) is 4. The molecular formula is C40H21N5. The van der Waals surface area contributed by atoms with Gasteiger partial charge in [-0.3, -0.25) is 0 Å². The molecule has 0 fully saturated rings. The summed E-state index contributed by atoms with van der Waals surface area (Å²) < 4.78 is 2.04. The third-order valence-electron chi connectivity index (χ3n) is 8.08. The Labute approximate surface area is 259 Å². The fourth-order valence-electron chi connectivity index (χ4n) is 6.03. The van der Waals surface area contributed by atoms with E-state index in [0.29, 0.717) is 22.3 Å². The monoisotopic (exact) mass is 571 g/mol. The minimum atomic E-state index is 0.440. The maximum Gasteiger partial charge on any atom is 0.100 e. The van der Waals surface area contributed by atoms with Gasteiger partial charge >= 0.3 is 0 Å². The molecule has 45 heavy (non-hydrogen) atoms. The van der Waals surface area contributed by atoms with Gasteiger partial charge in [0, 0.05) is 27.6 Å². The van der Waals surface area contributed by atoms with Gasteiger partial charge in [0.05, 0.1) is 51.5 Å². The second-order valence-corrected chi connectivity index (χ2v) is 10.7. The molecule has 5 nitrogen and oxygen atoms in total. The highest BCUT2D eigenvalue weighted by Gasteiger charge is 2.19. The summed E-state index contributed by atoms with van der Waals surface area (Å²) in [5.41, 5.74) is 9.54. The summed E-state index contributed by atoms with van der Waals surface area (Å²) in [6.45, 7) is 0. The van der Waals surface area contributed by atoms with E-state index in [1.165, 1.54) is 0 Å². The molecule has 0 aliphatic rings. The van der Waals surface area contributed by atoms with Crippen molar-refractivity contribution in [1.29, 1.82) is 21.0 Å². The van der Waals surface area contributed by atoms with Crippen LogP contribution in [0.4, 0.5) is 0 Å². The summed E-state index contributed by atoms with van der Waals surface area (Å²) in [5.74, 6) is 0. The van der Waals surface area contributed by atoms with Crippen molar-refractivity contribution in [3.63, 3.8) is 0 Å². The van der Waals surface area contributed by atoms with Gasteiger partial charge in [0.2, 0.25) is 0 Å². The average Bonchev–Trinajstić information content (AvgIpc) is 3.44. The van der Waals surface area contributed by atoms with Crippen molar-refractivity contribution in [3.8, 4) is 63.3 Å². The number of aromatic nitrogens is 1. The number of nitriles is 4. The molecule has 1 aromatic heterocycles. The van der Waals surface area contributed by atoms with Crippen LogP contribution in [-0.2, 0) is 0 Å². The van der Waals surface area contributed by atoms with Crippen LogP contribution in [0.5, 0.6) is 0 Å². The largest absolute Gasteiger partial charge is 0.309 e. The average molecular weight is 572 g/mol. The number of hydrogen-bond donors (Lipinski definition) is 0. The van der Waals surface area contributed by atoms with E-state index >= 15 is 0 Å². The van der Waals surface area contributed by atoms with Crippen LogP contribution >= 0.6 is 0 Å². The first-order valence-corrected chi connectivity index (χ1v) is 14.2. The fourth-order valence-corrected chi connectivity index (χ4v) is 6.03. The summed E-state index contributed by atoms with van der Waals surface area (Å²) in [6.07, 6.45) is 0. The highest BCUT2D eigenvalue weighted by Crippen LogP contribution is 2.39. The first-order chi connectivity index (χ1) is 22.1. The molecule has 5 heteroatoms. The number of fused-ring (bicyclic) bond motifs is 3. The van der Waals surface area contributed by atoms with Gasteiger partial charge in [-0.05, 0) is 89.0 Å². The van der Waals surface area contributed by atoms with Crippen LogP contribution in [0, 0.1) is 45.3 Å². The standard InChI is InChI=1S/C40H21N5/c41-22-26-11-13-39-36(17-26)37-18-27(23-42)12-14-40(37)45(39)33-16-28(24-43)15-32(19-33)35-21-31(29-7-3-1-4-8-29)20-34(38(35)25-44)30-9-5-2-6-10-30/h1-21H. The molecule has 0 atom stereocenters. The van der Waals surface area contributed by atoms with Gasteiger partial charge < -0.3 is 4.57 Å². The third kappa shape index (κ3) is 4.65. The Bertz CT molecular complexity index is 2390. The molecule has 7 rings (SSSR count). The van der Waals surface area contributed by atoms with Crippen molar-refractivity contribution >= 4 is 21.8 Å². The molecule has 0 saturated carbocycles. The zero-order valence-corrected chi connectivity index (χ0v) is 23.9. The van der Waals surface area contributed by atoms with Gasteiger partial charge in [0.25, 0.3) is 0 Å². The van der Waals surface area contributed by atoms with Crippen LogP contribution in [0.2, 0.25) is 0 Å². The zero-order chi connectivity index (χ0) is 30.9. The minimum absolute atomic E-state index is 0.440. The molecule has 6 aromatic carbocycles. The molecule has 0 amide bonds. The molecule has 0 saturated heterocycles. The van der Waals surface area contributed by atoms with Crippen LogP contribution in [0.15, 0.2) is 127 Å². The topological polar surface area (TPSA) is 100 Å². The molecule has 206 valence electrons.